The molecule has 0 saturated heterocycles. The van der Waals surface area contributed by atoms with Gasteiger partial charge in [-0.05, 0) is 26.0 Å². The minimum Gasteiger partial charge on any atom is -0.462 e. The van der Waals surface area contributed by atoms with Crippen LogP contribution in [0.4, 0.5) is 5.95 Å². The van der Waals surface area contributed by atoms with Gasteiger partial charge in [0.2, 0.25) is 5.95 Å². The minimum absolute atomic E-state index is 0.106. The molecule has 0 saturated carbocycles. The minimum atomic E-state index is -0.691. The van der Waals surface area contributed by atoms with Crippen molar-refractivity contribution in [1.29, 1.82) is 0 Å². The van der Waals surface area contributed by atoms with E-state index in [2.05, 4.69) is 25.5 Å². The third-order valence-electron chi connectivity index (χ3n) is 2.55. The Kier molecular flexibility index (Phi) is 4.60. The number of aromatic amines is 1. The summed E-state index contributed by atoms with van der Waals surface area (Å²) in [7, 11) is 0. The van der Waals surface area contributed by atoms with E-state index in [0.29, 0.717) is 23.9 Å². The number of esters is 1. The van der Waals surface area contributed by atoms with E-state index in [0.717, 1.165) is 0 Å². The van der Waals surface area contributed by atoms with Gasteiger partial charge in [0.1, 0.15) is 11.3 Å². The number of anilines is 1. The first-order chi connectivity index (χ1) is 10.2. The summed E-state index contributed by atoms with van der Waals surface area (Å²) in [4.78, 5) is 31.6. The van der Waals surface area contributed by atoms with Gasteiger partial charge < -0.3 is 10.1 Å². The van der Waals surface area contributed by atoms with Gasteiger partial charge >= 0.3 is 5.97 Å². The fourth-order valence-corrected chi connectivity index (χ4v) is 1.64. The predicted octanol–water partition coefficient (Wildman–Crippen LogP) is 0.835. The average molecular weight is 289 g/mol. The van der Waals surface area contributed by atoms with E-state index < -0.39 is 11.5 Å². The van der Waals surface area contributed by atoms with Crippen molar-refractivity contribution in [2.45, 2.75) is 13.8 Å². The number of aromatic nitrogens is 4. The number of H-pyrrole nitrogens is 1. The summed E-state index contributed by atoms with van der Waals surface area (Å²) in [6.45, 7) is 4.46. The van der Waals surface area contributed by atoms with E-state index in [1.165, 1.54) is 6.07 Å². The van der Waals surface area contributed by atoms with Gasteiger partial charge in [-0.3, -0.25) is 4.79 Å². The number of nitrogens with one attached hydrogen (secondary N) is 2. The summed E-state index contributed by atoms with van der Waals surface area (Å²) in [5.41, 5.74) is 0.144. The van der Waals surface area contributed by atoms with Crippen LogP contribution >= 0.6 is 0 Å². The first-order valence-electron chi connectivity index (χ1n) is 6.49. The van der Waals surface area contributed by atoms with Crippen LogP contribution in [0.5, 0.6) is 0 Å². The van der Waals surface area contributed by atoms with Gasteiger partial charge in [-0.15, -0.1) is 0 Å². The first-order valence-corrected chi connectivity index (χ1v) is 6.49. The highest BCUT2D eigenvalue weighted by Gasteiger charge is 2.14. The summed E-state index contributed by atoms with van der Waals surface area (Å²) < 4.78 is 4.83. The predicted molar refractivity (Wildman–Crippen MR) is 76.0 cm³/mol. The molecule has 110 valence electrons. The molecule has 2 aromatic heterocycles. The van der Waals surface area contributed by atoms with Crippen LogP contribution in [0.1, 0.15) is 24.2 Å². The van der Waals surface area contributed by atoms with Crippen LogP contribution in [0.3, 0.4) is 0 Å². The SMILES string of the molecule is CCNc1nccc(-c2cc(C(=O)OCC)c(=O)[nH]n2)n1. The molecular formula is C13H15N5O3. The van der Waals surface area contributed by atoms with Crippen molar-refractivity contribution in [2.24, 2.45) is 0 Å². The summed E-state index contributed by atoms with van der Waals surface area (Å²) in [5, 5.41) is 9.13. The summed E-state index contributed by atoms with van der Waals surface area (Å²) in [5.74, 6) is -0.246. The van der Waals surface area contributed by atoms with Crippen molar-refractivity contribution in [3.05, 3.63) is 34.2 Å². The highest BCUT2D eigenvalue weighted by Crippen LogP contribution is 2.14. The van der Waals surface area contributed by atoms with Crippen molar-refractivity contribution >= 4 is 11.9 Å². The number of hydrogen-bond donors (Lipinski definition) is 2. The second kappa shape index (κ2) is 6.60. The smallest absolute Gasteiger partial charge is 0.343 e. The highest BCUT2D eigenvalue weighted by atomic mass is 16.5. The van der Waals surface area contributed by atoms with Crippen LogP contribution in [0, 0.1) is 0 Å². The van der Waals surface area contributed by atoms with Crippen LogP contribution in [0.2, 0.25) is 0 Å². The molecule has 0 bridgehead atoms. The number of carbonyl (C=O) groups excluding carboxylic acids is 1. The molecule has 0 atom stereocenters. The molecule has 2 aromatic rings. The summed E-state index contributed by atoms with van der Waals surface area (Å²) in [6, 6.07) is 2.99. The summed E-state index contributed by atoms with van der Waals surface area (Å²) in [6.07, 6.45) is 1.57. The normalized spacial score (nSPS) is 10.2. The van der Waals surface area contributed by atoms with E-state index in [1.807, 2.05) is 6.92 Å². The quantitative estimate of drug-likeness (QED) is 0.784. The van der Waals surface area contributed by atoms with E-state index in [4.69, 9.17) is 4.74 Å². The number of hydrogen-bond acceptors (Lipinski definition) is 7. The first kappa shape index (κ1) is 14.6. The molecule has 0 aromatic carbocycles. The zero-order chi connectivity index (χ0) is 15.2. The van der Waals surface area contributed by atoms with Crippen LogP contribution < -0.4 is 10.9 Å². The number of rotatable bonds is 5. The largest absolute Gasteiger partial charge is 0.462 e. The van der Waals surface area contributed by atoms with Gasteiger partial charge in [0, 0.05) is 12.7 Å². The molecule has 8 heteroatoms. The Morgan fingerprint density at radius 3 is 2.90 bits per heavy atom. The van der Waals surface area contributed by atoms with Gasteiger partial charge in [0.25, 0.3) is 5.56 Å². The second-order valence-electron chi connectivity index (χ2n) is 4.01. The van der Waals surface area contributed by atoms with Crippen LogP contribution in [-0.2, 0) is 4.74 Å². The van der Waals surface area contributed by atoms with E-state index >= 15 is 0 Å². The molecular weight excluding hydrogens is 274 g/mol. The molecule has 0 amide bonds. The number of ether oxygens (including phenoxy) is 1. The van der Waals surface area contributed by atoms with Crippen molar-refractivity contribution in [1.82, 2.24) is 20.2 Å². The third kappa shape index (κ3) is 3.41. The zero-order valence-corrected chi connectivity index (χ0v) is 11.7. The Hall–Kier alpha value is -2.77. The van der Waals surface area contributed by atoms with Crippen LogP contribution in [0.25, 0.3) is 11.4 Å². The zero-order valence-electron chi connectivity index (χ0n) is 11.7. The lowest BCUT2D eigenvalue weighted by atomic mass is 10.2. The molecule has 2 rings (SSSR count). The molecule has 0 radical (unpaired) electrons. The lowest BCUT2D eigenvalue weighted by Crippen LogP contribution is -2.21. The van der Waals surface area contributed by atoms with E-state index in [9.17, 15) is 9.59 Å². The Bertz CT molecular complexity index is 698. The van der Waals surface area contributed by atoms with Crippen molar-refractivity contribution in [3.63, 3.8) is 0 Å². The highest BCUT2D eigenvalue weighted by molar-refractivity contribution is 5.89. The fourth-order valence-electron chi connectivity index (χ4n) is 1.64. The average Bonchev–Trinajstić information content (AvgIpc) is 2.48. The maximum Gasteiger partial charge on any atom is 0.343 e. The molecule has 0 unspecified atom stereocenters. The topological polar surface area (TPSA) is 110 Å². The molecule has 2 heterocycles. The lowest BCUT2D eigenvalue weighted by Gasteiger charge is -2.05. The van der Waals surface area contributed by atoms with Gasteiger partial charge in [0.15, 0.2) is 0 Å². The lowest BCUT2D eigenvalue weighted by molar-refractivity contribution is 0.0524. The molecule has 0 aliphatic rings. The Morgan fingerprint density at radius 1 is 1.38 bits per heavy atom. The maximum absolute atomic E-state index is 11.7. The molecule has 8 nitrogen and oxygen atoms in total. The molecule has 21 heavy (non-hydrogen) atoms. The van der Waals surface area contributed by atoms with Crippen molar-refractivity contribution < 1.29 is 9.53 Å². The molecule has 0 fully saturated rings. The van der Waals surface area contributed by atoms with Gasteiger partial charge in [-0.2, -0.15) is 5.10 Å². The maximum atomic E-state index is 11.7. The van der Waals surface area contributed by atoms with Gasteiger partial charge in [-0.1, -0.05) is 0 Å². The molecule has 0 spiro atoms. The van der Waals surface area contributed by atoms with E-state index in [-0.39, 0.29) is 12.2 Å². The van der Waals surface area contributed by atoms with Crippen LogP contribution in [0.15, 0.2) is 23.1 Å². The Labute approximate surface area is 120 Å². The standard InChI is InChI=1S/C13H15N5O3/c1-3-14-13-15-6-5-9(16-13)10-7-8(11(19)18-17-10)12(20)21-4-2/h5-7H,3-4H2,1-2H3,(H,18,19)(H,14,15,16). The van der Waals surface area contributed by atoms with Crippen molar-refractivity contribution in [3.8, 4) is 11.4 Å². The molecule has 0 aliphatic carbocycles. The number of nitrogens with zero attached hydrogens (tertiary/aromatic N) is 3. The monoisotopic (exact) mass is 289 g/mol. The van der Waals surface area contributed by atoms with Gasteiger partial charge in [0.05, 0.1) is 12.3 Å². The third-order valence-corrected chi connectivity index (χ3v) is 2.55. The van der Waals surface area contributed by atoms with Gasteiger partial charge in [-0.25, -0.2) is 19.9 Å². The molecule has 2 N–H and O–H groups in total. The van der Waals surface area contributed by atoms with E-state index in [1.54, 1.807) is 19.2 Å². The van der Waals surface area contributed by atoms with Crippen molar-refractivity contribution in [2.75, 3.05) is 18.5 Å². The molecule has 0 aliphatic heterocycles. The number of carbonyl (C=O) groups is 1. The van der Waals surface area contributed by atoms with Crippen LogP contribution in [-0.4, -0.2) is 39.3 Å². The fraction of sp³-hybridized carbons (Fsp3) is 0.308. The second-order valence-corrected chi connectivity index (χ2v) is 4.01. The Balaban J connectivity index is 2.41. The Morgan fingerprint density at radius 2 is 2.19 bits per heavy atom. The summed E-state index contributed by atoms with van der Waals surface area (Å²) >= 11 is 0.